The fourth-order valence-corrected chi connectivity index (χ4v) is 4.94. The number of hydrogen-bond acceptors (Lipinski definition) is 2. The predicted octanol–water partition coefficient (Wildman–Crippen LogP) is 3.92. The van der Waals surface area contributed by atoms with Gasteiger partial charge in [0.05, 0.1) is 17.0 Å². The monoisotopic (exact) mass is 378 g/mol. The number of benzene rings is 3. The third-order valence-electron chi connectivity index (χ3n) is 6.30. The largest absolute Gasteiger partial charge is 0.384 e. The van der Waals surface area contributed by atoms with Crippen LogP contribution in [0.5, 0.6) is 0 Å². The smallest absolute Gasteiger partial charge is 0.209 e. The molecule has 2 N–H and O–H groups in total. The van der Waals surface area contributed by atoms with Crippen LogP contribution in [-0.4, -0.2) is 24.5 Å². The van der Waals surface area contributed by atoms with Crippen LogP contribution in [0.15, 0.2) is 71.2 Å². The number of rotatable bonds is 1. The zero-order valence-corrected chi connectivity index (χ0v) is 16.5. The Labute approximate surface area is 170 Å². The second kappa shape index (κ2) is 6.70. The molecule has 0 radical (unpaired) electrons. The van der Waals surface area contributed by atoms with Crippen molar-refractivity contribution in [3.63, 3.8) is 0 Å². The van der Waals surface area contributed by atoms with E-state index in [9.17, 15) is 0 Å². The Bertz CT molecular complexity index is 1230. The molecule has 3 nitrogen and oxygen atoms in total. The average Bonchev–Trinajstić information content (AvgIpc) is 2.79. The predicted molar refractivity (Wildman–Crippen MR) is 121 cm³/mol. The Morgan fingerprint density at radius 1 is 0.862 bits per heavy atom. The molecule has 3 aromatic carbocycles. The molecule has 0 spiro atoms. The quantitative estimate of drug-likeness (QED) is 0.662. The number of allylic oxidation sites excluding steroid dienone is 2. The number of aryl methyl sites for hydroxylation is 1. The van der Waals surface area contributed by atoms with Gasteiger partial charge in [-0.15, -0.1) is 0 Å². The topological polar surface area (TPSA) is 38.4 Å². The normalized spacial score (nSPS) is 19.0. The van der Waals surface area contributed by atoms with E-state index in [1.807, 2.05) is 0 Å². The first kappa shape index (κ1) is 16.7. The van der Waals surface area contributed by atoms with E-state index in [-0.39, 0.29) is 0 Å². The van der Waals surface area contributed by atoms with Crippen LogP contribution < -0.4 is 10.3 Å². The second-order valence-electron chi connectivity index (χ2n) is 8.12. The molecule has 3 aliphatic rings. The van der Waals surface area contributed by atoms with E-state index in [2.05, 4.69) is 71.0 Å². The molecule has 0 saturated carbocycles. The molecule has 6 rings (SSSR count). The van der Waals surface area contributed by atoms with Gasteiger partial charge in [-0.25, -0.2) is 9.98 Å². The summed E-state index contributed by atoms with van der Waals surface area (Å²) in [5, 5.41) is 6.12. The van der Waals surface area contributed by atoms with Gasteiger partial charge < -0.3 is 5.32 Å². The minimum atomic E-state index is 1.05. The first-order valence-corrected chi connectivity index (χ1v) is 10.7. The summed E-state index contributed by atoms with van der Waals surface area (Å²) in [5.41, 5.74) is 10.0. The number of anilines is 1. The molecule has 0 saturated heterocycles. The summed E-state index contributed by atoms with van der Waals surface area (Å²) >= 11 is 0. The molecule has 0 atom stereocenters. The molecule has 0 fully saturated rings. The molecule has 142 valence electrons. The fourth-order valence-electron chi connectivity index (χ4n) is 4.94. The lowest BCUT2D eigenvalue weighted by molar-refractivity contribution is -0.459. The van der Waals surface area contributed by atoms with Crippen LogP contribution in [-0.2, 0) is 6.42 Å². The Morgan fingerprint density at radius 2 is 1.69 bits per heavy atom. The second-order valence-corrected chi connectivity index (χ2v) is 8.12. The van der Waals surface area contributed by atoms with Crippen molar-refractivity contribution in [3.8, 4) is 0 Å². The van der Waals surface area contributed by atoms with Crippen molar-refractivity contribution in [2.24, 2.45) is 4.99 Å². The summed E-state index contributed by atoms with van der Waals surface area (Å²) in [7, 11) is 0. The van der Waals surface area contributed by atoms with Crippen LogP contribution in [0.1, 0.15) is 36.0 Å². The Morgan fingerprint density at radius 3 is 2.62 bits per heavy atom. The Hall–Kier alpha value is -3.20. The summed E-state index contributed by atoms with van der Waals surface area (Å²) < 4.78 is 0. The van der Waals surface area contributed by atoms with Gasteiger partial charge in [-0.05, 0) is 43.0 Å². The zero-order chi connectivity index (χ0) is 19.2. The van der Waals surface area contributed by atoms with Crippen molar-refractivity contribution >= 4 is 33.6 Å². The van der Waals surface area contributed by atoms with Crippen molar-refractivity contribution in [3.05, 3.63) is 82.9 Å². The van der Waals surface area contributed by atoms with E-state index in [4.69, 9.17) is 4.99 Å². The van der Waals surface area contributed by atoms with Gasteiger partial charge in [-0.1, -0.05) is 42.5 Å². The molecule has 3 aromatic rings. The van der Waals surface area contributed by atoms with Crippen LogP contribution in [0, 0.1) is 0 Å². The molecule has 0 aromatic heterocycles. The SMILES string of the molecule is C1=C2CCC[NH+]=C2c2ccccc2C1=Nc1cc2c(c3ccccc13)NCCC2. The van der Waals surface area contributed by atoms with Gasteiger partial charge in [0, 0.05) is 40.6 Å². The average molecular weight is 378 g/mol. The van der Waals surface area contributed by atoms with Gasteiger partial charge in [0.15, 0.2) is 0 Å². The summed E-state index contributed by atoms with van der Waals surface area (Å²) in [5.74, 6) is 0. The molecule has 29 heavy (non-hydrogen) atoms. The first-order chi connectivity index (χ1) is 14.4. The molecule has 2 aliphatic heterocycles. The Balaban J connectivity index is 1.59. The van der Waals surface area contributed by atoms with E-state index in [0.29, 0.717) is 0 Å². The lowest BCUT2D eigenvalue weighted by Crippen LogP contribution is -2.75. The van der Waals surface area contributed by atoms with E-state index >= 15 is 0 Å². The number of fused-ring (bicyclic) bond motifs is 6. The zero-order valence-electron chi connectivity index (χ0n) is 16.5. The minimum absolute atomic E-state index is 1.05. The van der Waals surface area contributed by atoms with E-state index < -0.39 is 0 Å². The third kappa shape index (κ3) is 2.72. The number of aliphatic imine (C=N–C) groups is 1. The summed E-state index contributed by atoms with van der Waals surface area (Å²) in [6, 6.07) is 19.6. The highest BCUT2D eigenvalue weighted by Gasteiger charge is 2.28. The fraction of sp³-hybridized carbons (Fsp3) is 0.231. The van der Waals surface area contributed by atoms with Gasteiger partial charge in [-0.3, -0.25) is 0 Å². The van der Waals surface area contributed by atoms with E-state index in [1.165, 1.54) is 57.3 Å². The highest BCUT2D eigenvalue weighted by Crippen LogP contribution is 2.38. The van der Waals surface area contributed by atoms with Crippen molar-refractivity contribution in [2.75, 3.05) is 18.4 Å². The van der Waals surface area contributed by atoms with Crippen LogP contribution in [0.2, 0.25) is 0 Å². The molecule has 1 aliphatic carbocycles. The van der Waals surface area contributed by atoms with Crippen molar-refractivity contribution in [1.82, 2.24) is 0 Å². The highest BCUT2D eigenvalue weighted by atomic mass is 14.9. The van der Waals surface area contributed by atoms with Gasteiger partial charge in [0.1, 0.15) is 6.54 Å². The van der Waals surface area contributed by atoms with Crippen LogP contribution in [0.25, 0.3) is 10.8 Å². The number of nitrogens with zero attached hydrogens (tertiary/aromatic N) is 1. The summed E-state index contributed by atoms with van der Waals surface area (Å²) in [6.07, 6.45) is 6.89. The van der Waals surface area contributed by atoms with E-state index in [1.54, 1.807) is 0 Å². The van der Waals surface area contributed by atoms with E-state index in [0.717, 1.165) is 37.3 Å². The maximum absolute atomic E-state index is 5.26. The number of nitrogens with one attached hydrogen (secondary N) is 2. The highest BCUT2D eigenvalue weighted by molar-refractivity contribution is 6.27. The molecule has 0 bridgehead atoms. The lowest BCUT2D eigenvalue weighted by Gasteiger charge is -2.22. The van der Waals surface area contributed by atoms with Gasteiger partial charge >= 0.3 is 0 Å². The molecule has 0 unspecified atom stereocenters. The summed E-state index contributed by atoms with van der Waals surface area (Å²) in [4.78, 5) is 8.88. The molecule has 2 heterocycles. The maximum atomic E-state index is 5.26. The van der Waals surface area contributed by atoms with Crippen molar-refractivity contribution in [2.45, 2.75) is 25.7 Å². The van der Waals surface area contributed by atoms with Crippen LogP contribution >= 0.6 is 0 Å². The molecule has 3 heteroatoms. The molecular weight excluding hydrogens is 354 g/mol. The van der Waals surface area contributed by atoms with Gasteiger partial charge in [0.25, 0.3) is 0 Å². The molecule has 0 amide bonds. The van der Waals surface area contributed by atoms with Crippen molar-refractivity contribution in [1.29, 1.82) is 0 Å². The van der Waals surface area contributed by atoms with Crippen LogP contribution in [0.4, 0.5) is 11.4 Å². The summed E-state index contributed by atoms with van der Waals surface area (Å²) in [6.45, 7) is 2.10. The lowest BCUT2D eigenvalue weighted by atomic mass is 9.85. The van der Waals surface area contributed by atoms with Gasteiger partial charge in [-0.2, -0.15) is 0 Å². The van der Waals surface area contributed by atoms with Crippen molar-refractivity contribution < 1.29 is 4.99 Å². The standard InChI is InChI=1S/C26H23N3/c1-3-11-21-19(9-1)23(15-17-7-5-13-27-25(17)21)29-24-16-18-8-6-14-28-26(18)22-12-4-2-10-20(22)24/h1-4,9-12,15-16,27H,5-8,13-14H2/p+1. The number of hydrogen-bond donors (Lipinski definition) is 2. The molecular formula is C26H24N3+. The third-order valence-corrected chi connectivity index (χ3v) is 6.30. The first-order valence-electron chi connectivity index (χ1n) is 10.7. The minimum Gasteiger partial charge on any atom is -0.384 e. The Kier molecular flexibility index (Phi) is 3.86. The van der Waals surface area contributed by atoms with Crippen LogP contribution in [0.3, 0.4) is 0 Å². The van der Waals surface area contributed by atoms with Gasteiger partial charge in [0.2, 0.25) is 5.71 Å². The maximum Gasteiger partial charge on any atom is 0.209 e.